The molecule has 0 saturated carbocycles. The summed E-state index contributed by atoms with van der Waals surface area (Å²) in [6.07, 6.45) is 32.4. The molecule has 4 heterocycles. The molecule has 4 rings (SSSR count). The maximum absolute atomic E-state index is 10.9. The van der Waals surface area contributed by atoms with E-state index >= 15 is 0 Å². The first-order chi connectivity index (χ1) is 25.0. The molecule has 0 atom stereocenters. The highest BCUT2D eigenvalue weighted by Crippen LogP contribution is 2.08. The lowest BCUT2D eigenvalue weighted by Gasteiger charge is -2.00. The number of alkyl halides is 1. The maximum atomic E-state index is 10.9. The Balaban J connectivity index is -0.000000602. The Kier molecular flexibility index (Phi) is 44.0. The molecular weight excluding hydrogens is 896 g/mol. The van der Waals surface area contributed by atoms with Gasteiger partial charge in [0.15, 0.2) is 24.8 Å². The Labute approximate surface area is 349 Å². The Bertz CT molecular complexity index is 1330. The third-order valence-electron chi connectivity index (χ3n) is 7.10. The first-order valence-corrected chi connectivity index (χ1v) is 19.8. The molecule has 0 aliphatic rings. The summed E-state index contributed by atoms with van der Waals surface area (Å²) in [6, 6.07) is 19.7. The topological polar surface area (TPSA) is 164 Å². The van der Waals surface area contributed by atoms with Crippen LogP contribution >= 0.6 is 22.6 Å². The molecule has 0 amide bonds. The van der Waals surface area contributed by atoms with E-state index in [4.69, 9.17) is 15.8 Å². The summed E-state index contributed by atoms with van der Waals surface area (Å²) in [4.78, 5) is 23.9. The predicted octanol–water partition coefficient (Wildman–Crippen LogP) is 5.00. The van der Waals surface area contributed by atoms with E-state index in [9.17, 15) is 10.0 Å². The van der Waals surface area contributed by atoms with Crippen LogP contribution in [0.2, 0.25) is 0 Å². The number of rotatable bonds is 18. The average Bonchev–Trinajstić information content (AvgIpc) is 3.19. The van der Waals surface area contributed by atoms with E-state index in [1.54, 1.807) is 72.0 Å². The summed E-state index contributed by atoms with van der Waals surface area (Å²) in [5.74, 6) is -0.0533. The fraction of sp³-hybridized carbons (Fsp3) is 0.463. The molecule has 0 fully saturated rings. The number of carbonyl (C=O) groups excluding carboxylic acids is 1. The highest BCUT2D eigenvalue weighted by atomic mass is 127. The second kappa shape index (κ2) is 43.1. The lowest BCUT2D eigenvalue weighted by Crippen LogP contribution is -3.00. The van der Waals surface area contributed by atoms with Gasteiger partial charge in [0.2, 0.25) is 12.4 Å². The molecule has 0 aliphatic carbocycles. The van der Waals surface area contributed by atoms with Gasteiger partial charge < -0.3 is 40.4 Å². The summed E-state index contributed by atoms with van der Waals surface area (Å²) in [6.45, 7) is 5.40. The summed E-state index contributed by atoms with van der Waals surface area (Å²) in [7, 11) is 0. The van der Waals surface area contributed by atoms with Gasteiger partial charge in [0, 0.05) is 59.3 Å². The number of hydrogen-bond donors (Lipinski definition) is 1. The first-order valence-electron chi connectivity index (χ1n) is 18.2. The second-order valence-corrected chi connectivity index (χ2v) is 12.5. The van der Waals surface area contributed by atoms with Crippen molar-refractivity contribution < 1.29 is 48.5 Å². The van der Waals surface area contributed by atoms with Gasteiger partial charge in [-0.15, -0.1) is 0 Å². The molecule has 53 heavy (non-hydrogen) atoms. The first kappa shape index (κ1) is 54.1. The number of carbonyl (C=O) groups is 1. The van der Waals surface area contributed by atoms with Crippen molar-refractivity contribution in [2.75, 3.05) is 17.6 Å². The van der Waals surface area contributed by atoms with E-state index in [2.05, 4.69) is 46.4 Å². The van der Waals surface area contributed by atoms with Crippen LogP contribution in [-0.2, 0) is 0 Å². The van der Waals surface area contributed by atoms with Crippen molar-refractivity contribution in [1.29, 1.82) is 5.26 Å². The van der Waals surface area contributed by atoms with Crippen molar-refractivity contribution in [2.45, 2.75) is 104 Å². The number of nitrogens with two attached hydrogens (primary N) is 1. The van der Waals surface area contributed by atoms with Crippen LogP contribution in [0.15, 0.2) is 110 Å². The zero-order valence-corrected chi connectivity index (χ0v) is 36.0. The molecule has 0 aliphatic heterocycles. The molecule has 294 valence electrons. The fourth-order valence-electron chi connectivity index (χ4n) is 4.21. The lowest BCUT2D eigenvalue weighted by molar-refractivity contribution is -0.891. The van der Waals surface area contributed by atoms with Crippen LogP contribution in [0.1, 0.15) is 120 Å². The highest BCUT2D eigenvalue weighted by molar-refractivity contribution is 14.1. The number of pyridine rings is 4. The third-order valence-corrected chi connectivity index (χ3v) is 7.86. The number of aromatic nitrogens is 4. The number of halogens is 2. The molecule has 4 aromatic heterocycles. The molecule has 4 aromatic rings. The minimum absolute atomic E-state index is 0. The molecule has 0 unspecified atom stereocenters. The zero-order valence-electron chi connectivity index (χ0n) is 31.7. The Hall–Kier alpha value is -3.26. The van der Waals surface area contributed by atoms with Crippen molar-refractivity contribution in [3.05, 3.63) is 127 Å². The summed E-state index contributed by atoms with van der Waals surface area (Å²) in [5.41, 5.74) is 6.41. The molecular formula is C41H62I2N6O4. The minimum atomic E-state index is -0.0533. The Morgan fingerprint density at radius 1 is 0.736 bits per heavy atom. The van der Waals surface area contributed by atoms with Gasteiger partial charge in [-0.25, -0.2) is 0 Å². The Morgan fingerprint density at radius 3 is 1.57 bits per heavy atom. The predicted molar refractivity (Wildman–Crippen MR) is 219 cm³/mol. The van der Waals surface area contributed by atoms with E-state index in [1.165, 1.54) is 100 Å². The van der Waals surface area contributed by atoms with Gasteiger partial charge in [-0.3, -0.25) is 19.6 Å². The number of Topliss-reactive ketones (excluding diaryl/α,β-unsaturated/α-hetero) is 1. The van der Waals surface area contributed by atoms with Gasteiger partial charge in [-0.1, -0.05) is 119 Å². The van der Waals surface area contributed by atoms with Gasteiger partial charge >= 0.3 is 0 Å². The standard InChI is InChI=1S/C14H24NO.C9H19I.C7H8N2O.C6H4N2.C5H5NO.HI.H2O/c1-2-3-4-5-6-7-11-14-16-15-12-9-8-10-13-15;1-2-3-4-5-6-7-8-9-10;8-5-7(10)6-1-3-9-4-2-6;7-5-6-1-3-8-4-2-6;7-6-4-2-1-3-5-6;;/h8-10,12-13H,2-7,11,14H2,1H3;2-9H2,1H3;1-4H,5,8H2;1-4H;1-5H;1H;1H2/q+1;;;;;;/p-1/i;;7+1;5+1;;;. The van der Waals surface area contributed by atoms with Crippen LogP contribution in [-0.4, -0.2) is 38.8 Å². The van der Waals surface area contributed by atoms with Gasteiger partial charge in [0.25, 0.3) is 0 Å². The highest BCUT2D eigenvalue weighted by Gasteiger charge is 2.00. The quantitative estimate of drug-likeness (QED) is 0.0279. The summed E-state index contributed by atoms with van der Waals surface area (Å²) < 4.78 is 3.86. The molecule has 0 spiro atoms. The molecule has 12 heteroatoms. The van der Waals surface area contributed by atoms with Crippen molar-refractivity contribution in [1.82, 2.24) is 9.97 Å². The minimum Gasteiger partial charge on any atom is -1.00 e. The van der Waals surface area contributed by atoms with E-state index < -0.39 is 0 Å². The van der Waals surface area contributed by atoms with Crippen LogP contribution < -0.4 is 44.0 Å². The normalized spacial score (nSPS) is 9.11. The molecule has 0 bridgehead atoms. The van der Waals surface area contributed by atoms with Crippen LogP contribution in [0, 0.1) is 16.5 Å². The van der Waals surface area contributed by atoms with Crippen molar-refractivity contribution in [2.24, 2.45) is 5.73 Å². The zero-order chi connectivity index (χ0) is 37.5. The maximum Gasteiger partial charge on any atom is 0.222 e. The van der Waals surface area contributed by atoms with Gasteiger partial charge in [0.1, 0.15) is 0 Å². The Morgan fingerprint density at radius 2 is 1.17 bits per heavy atom. The molecule has 4 N–H and O–H groups in total. The van der Waals surface area contributed by atoms with Crippen LogP contribution in [0.25, 0.3) is 0 Å². The average molecular weight is 959 g/mol. The largest absolute Gasteiger partial charge is 1.00 e. The fourth-order valence-corrected chi connectivity index (χ4v) is 4.75. The molecule has 10 nitrogen and oxygen atoms in total. The van der Waals surface area contributed by atoms with Crippen LogP contribution in [0.3, 0.4) is 0 Å². The number of nitriles is 1. The SMILES string of the molecule is CCCCCCCCCI.CCCCCCCCCO[n+]1ccccc1.N#[13C]c1ccncc1.NC[13C](=O)c1ccncc1.O.[I-].[O-][n+]1ccccc1. The lowest BCUT2D eigenvalue weighted by atomic mass is 10.1. The summed E-state index contributed by atoms with van der Waals surface area (Å²) >= 11 is 2.46. The van der Waals surface area contributed by atoms with E-state index in [0.717, 1.165) is 17.8 Å². The number of hydrogen-bond acceptors (Lipinski definition) is 7. The van der Waals surface area contributed by atoms with Gasteiger partial charge in [0.05, 0.1) is 18.2 Å². The van der Waals surface area contributed by atoms with E-state index in [0.29, 0.717) is 11.1 Å². The third kappa shape index (κ3) is 36.9. The van der Waals surface area contributed by atoms with Crippen LogP contribution in [0.5, 0.6) is 0 Å². The molecule has 0 saturated heterocycles. The molecule has 0 radical (unpaired) electrons. The summed E-state index contributed by atoms with van der Waals surface area (Å²) in [5, 5.41) is 18.4. The van der Waals surface area contributed by atoms with Crippen molar-refractivity contribution >= 4 is 28.4 Å². The van der Waals surface area contributed by atoms with Gasteiger partial charge in [-0.05, 0) is 48.0 Å². The van der Waals surface area contributed by atoms with E-state index in [-0.39, 0.29) is 41.8 Å². The molecule has 0 aromatic carbocycles. The smallest absolute Gasteiger partial charge is 0.222 e. The van der Waals surface area contributed by atoms with Crippen molar-refractivity contribution in [3.8, 4) is 6.07 Å². The van der Waals surface area contributed by atoms with Gasteiger partial charge in [-0.2, -0.15) is 9.99 Å². The number of unbranched alkanes of at least 4 members (excludes halogenated alkanes) is 12. The van der Waals surface area contributed by atoms with Crippen molar-refractivity contribution in [3.63, 3.8) is 0 Å². The van der Waals surface area contributed by atoms with Crippen LogP contribution in [0.4, 0.5) is 0 Å². The number of ketones is 1. The number of nitrogens with zero attached hydrogens (tertiary/aromatic N) is 5. The second-order valence-electron chi connectivity index (χ2n) is 11.4. The van der Waals surface area contributed by atoms with E-state index in [1.807, 2.05) is 36.7 Å². The monoisotopic (exact) mass is 958 g/mol.